The van der Waals surface area contributed by atoms with Crippen LogP contribution in [0.15, 0.2) is 59.0 Å². The summed E-state index contributed by atoms with van der Waals surface area (Å²) in [6.07, 6.45) is 2.06. The smallest absolute Gasteiger partial charge is 0.203 e. The zero-order valence-corrected chi connectivity index (χ0v) is 13.7. The maximum Gasteiger partial charge on any atom is 0.203 e. The zero-order chi connectivity index (χ0) is 15.6. The molecule has 4 rings (SSSR count). The predicted molar refractivity (Wildman–Crippen MR) is 97.2 cm³/mol. The molecule has 1 aliphatic carbocycles. The lowest BCUT2D eigenvalue weighted by Crippen LogP contribution is -1.99. The molecule has 0 spiro atoms. The highest BCUT2D eigenvalue weighted by Crippen LogP contribution is 2.26. The molecule has 0 fully saturated rings. The van der Waals surface area contributed by atoms with Crippen LogP contribution in [0.5, 0.6) is 0 Å². The van der Waals surface area contributed by atoms with Crippen molar-refractivity contribution in [2.75, 3.05) is 5.43 Å². The molecule has 3 nitrogen and oxygen atoms in total. The van der Waals surface area contributed by atoms with E-state index in [1.54, 1.807) is 11.3 Å². The first-order valence-corrected chi connectivity index (χ1v) is 8.61. The van der Waals surface area contributed by atoms with Crippen LogP contribution in [0.4, 0.5) is 5.13 Å². The number of aryl methyl sites for hydroxylation is 2. The lowest BCUT2D eigenvalue weighted by atomic mass is 10.1. The summed E-state index contributed by atoms with van der Waals surface area (Å²) in [5.74, 6) is 0. The summed E-state index contributed by atoms with van der Waals surface area (Å²) in [6.45, 7) is 2.09. The number of anilines is 1. The molecule has 0 radical (unpaired) electrons. The van der Waals surface area contributed by atoms with E-state index in [0.29, 0.717) is 0 Å². The fourth-order valence-corrected chi connectivity index (χ4v) is 3.48. The van der Waals surface area contributed by atoms with E-state index in [2.05, 4.69) is 76.3 Å². The largest absolute Gasteiger partial charge is 0.252 e. The molecule has 1 heterocycles. The van der Waals surface area contributed by atoms with Crippen molar-refractivity contribution in [1.82, 2.24) is 4.98 Å². The van der Waals surface area contributed by atoms with Gasteiger partial charge in [0, 0.05) is 16.5 Å². The van der Waals surface area contributed by atoms with Crippen molar-refractivity contribution in [2.45, 2.75) is 19.8 Å². The summed E-state index contributed by atoms with van der Waals surface area (Å²) in [4.78, 5) is 4.63. The molecular weight excluding hydrogens is 302 g/mol. The van der Waals surface area contributed by atoms with E-state index < -0.39 is 0 Å². The molecule has 1 aliphatic rings. The average Bonchev–Trinajstić information content (AvgIpc) is 3.20. The highest BCUT2D eigenvalue weighted by Gasteiger charge is 2.16. The topological polar surface area (TPSA) is 37.3 Å². The Hall–Kier alpha value is -2.46. The van der Waals surface area contributed by atoms with Crippen molar-refractivity contribution in [2.24, 2.45) is 5.10 Å². The molecule has 114 valence electrons. The Bertz CT molecular complexity index is 862. The molecule has 0 saturated heterocycles. The summed E-state index contributed by atoms with van der Waals surface area (Å²) in [6, 6.07) is 16.9. The Kier molecular flexibility index (Phi) is 3.67. The summed E-state index contributed by atoms with van der Waals surface area (Å²) >= 11 is 1.58. The van der Waals surface area contributed by atoms with Crippen LogP contribution in [0.25, 0.3) is 11.3 Å². The summed E-state index contributed by atoms with van der Waals surface area (Å²) in [5.41, 5.74) is 10.3. The van der Waals surface area contributed by atoms with E-state index in [1.807, 2.05) is 0 Å². The standard InChI is InChI=1S/C19H17N3S/c1-13-6-8-15(9-7-13)18-12-23-19(20-18)22-21-17-11-10-14-4-2-3-5-16(14)17/h2-9,12H,10-11H2,1H3,(H,20,22)/b21-17+. The number of rotatable bonds is 3. The third kappa shape index (κ3) is 2.90. The van der Waals surface area contributed by atoms with E-state index >= 15 is 0 Å². The number of nitrogens with one attached hydrogen (secondary N) is 1. The zero-order valence-electron chi connectivity index (χ0n) is 12.9. The number of nitrogens with zero attached hydrogens (tertiary/aromatic N) is 2. The average molecular weight is 319 g/mol. The number of hydrazone groups is 1. The van der Waals surface area contributed by atoms with Gasteiger partial charge in [0.25, 0.3) is 0 Å². The molecule has 23 heavy (non-hydrogen) atoms. The fraction of sp³-hybridized carbons (Fsp3) is 0.158. The molecule has 2 aromatic carbocycles. The lowest BCUT2D eigenvalue weighted by Gasteiger charge is -2.00. The minimum Gasteiger partial charge on any atom is -0.252 e. The van der Waals surface area contributed by atoms with E-state index in [4.69, 9.17) is 0 Å². The number of fused-ring (bicyclic) bond motifs is 1. The number of hydrogen-bond acceptors (Lipinski definition) is 4. The molecule has 0 unspecified atom stereocenters. The van der Waals surface area contributed by atoms with Crippen LogP contribution in [0.2, 0.25) is 0 Å². The monoisotopic (exact) mass is 319 g/mol. The van der Waals surface area contributed by atoms with Gasteiger partial charge in [-0.05, 0) is 25.3 Å². The second-order valence-corrected chi connectivity index (χ2v) is 6.59. The lowest BCUT2D eigenvalue weighted by molar-refractivity contribution is 1.09. The number of aromatic nitrogens is 1. The van der Waals surface area contributed by atoms with Gasteiger partial charge in [0.15, 0.2) is 0 Å². The Labute approximate surface area is 139 Å². The molecule has 1 N–H and O–H groups in total. The number of benzene rings is 2. The third-order valence-corrected chi connectivity index (χ3v) is 4.84. The van der Waals surface area contributed by atoms with Crippen LogP contribution in [0.1, 0.15) is 23.1 Å². The maximum absolute atomic E-state index is 4.63. The highest BCUT2D eigenvalue weighted by atomic mass is 32.1. The second-order valence-electron chi connectivity index (χ2n) is 5.73. The van der Waals surface area contributed by atoms with Crippen LogP contribution in [0.3, 0.4) is 0 Å². The van der Waals surface area contributed by atoms with Gasteiger partial charge in [-0.3, -0.25) is 5.43 Å². The van der Waals surface area contributed by atoms with E-state index in [1.165, 1.54) is 16.7 Å². The molecule has 0 atom stereocenters. The van der Waals surface area contributed by atoms with Crippen LogP contribution in [-0.2, 0) is 6.42 Å². The summed E-state index contributed by atoms with van der Waals surface area (Å²) < 4.78 is 0. The van der Waals surface area contributed by atoms with Gasteiger partial charge in [-0.25, -0.2) is 4.98 Å². The first kappa shape index (κ1) is 14.2. The summed E-state index contributed by atoms with van der Waals surface area (Å²) in [7, 11) is 0. The number of hydrogen-bond donors (Lipinski definition) is 1. The molecule has 1 aromatic heterocycles. The van der Waals surface area contributed by atoms with Crippen LogP contribution >= 0.6 is 11.3 Å². The van der Waals surface area contributed by atoms with Crippen LogP contribution < -0.4 is 5.43 Å². The normalized spacial score (nSPS) is 14.9. The van der Waals surface area contributed by atoms with Crippen molar-refractivity contribution < 1.29 is 0 Å². The van der Waals surface area contributed by atoms with Gasteiger partial charge in [0.2, 0.25) is 5.13 Å². The van der Waals surface area contributed by atoms with Crippen molar-refractivity contribution in [1.29, 1.82) is 0 Å². The SMILES string of the molecule is Cc1ccc(-c2csc(N/N=C3\CCc4ccccc43)n2)cc1. The van der Waals surface area contributed by atoms with E-state index in [0.717, 1.165) is 34.9 Å². The first-order chi connectivity index (χ1) is 11.3. The van der Waals surface area contributed by atoms with E-state index in [9.17, 15) is 0 Å². The van der Waals surface area contributed by atoms with Gasteiger partial charge in [-0.2, -0.15) is 5.10 Å². The number of thiazole rings is 1. The van der Waals surface area contributed by atoms with Crippen molar-refractivity contribution in [3.05, 3.63) is 70.6 Å². The van der Waals surface area contributed by atoms with Gasteiger partial charge in [0.05, 0.1) is 11.4 Å². The van der Waals surface area contributed by atoms with Crippen LogP contribution in [0, 0.1) is 6.92 Å². The van der Waals surface area contributed by atoms with Crippen molar-refractivity contribution in [3.8, 4) is 11.3 Å². The van der Waals surface area contributed by atoms with Crippen molar-refractivity contribution in [3.63, 3.8) is 0 Å². The Morgan fingerprint density at radius 2 is 1.87 bits per heavy atom. The van der Waals surface area contributed by atoms with Gasteiger partial charge in [-0.15, -0.1) is 11.3 Å². The van der Waals surface area contributed by atoms with Gasteiger partial charge >= 0.3 is 0 Å². The molecule has 0 saturated carbocycles. The highest BCUT2D eigenvalue weighted by molar-refractivity contribution is 7.14. The molecule has 4 heteroatoms. The first-order valence-electron chi connectivity index (χ1n) is 7.73. The fourth-order valence-electron chi connectivity index (χ4n) is 2.82. The van der Waals surface area contributed by atoms with Crippen molar-refractivity contribution >= 4 is 22.2 Å². The Balaban J connectivity index is 1.53. The molecular formula is C19H17N3S. The van der Waals surface area contributed by atoms with Gasteiger partial charge in [-0.1, -0.05) is 54.1 Å². The third-order valence-electron chi connectivity index (χ3n) is 4.10. The minimum atomic E-state index is 0.831. The molecule has 0 bridgehead atoms. The maximum atomic E-state index is 4.63. The molecule has 0 aliphatic heterocycles. The van der Waals surface area contributed by atoms with Gasteiger partial charge in [0.1, 0.15) is 0 Å². The molecule has 3 aromatic rings. The molecule has 0 amide bonds. The summed E-state index contributed by atoms with van der Waals surface area (Å²) in [5, 5.41) is 7.47. The van der Waals surface area contributed by atoms with Gasteiger partial charge < -0.3 is 0 Å². The Morgan fingerprint density at radius 1 is 1.04 bits per heavy atom. The second kappa shape index (κ2) is 5.97. The minimum absolute atomic E-state index is 0.831. The van der Waals surface area contributed by atoms with E-state index in [-0.39, 0.29) is 0 Å². The quantitative estimate of drug-likeness (QED) is 0.699. The predicted octanol–water partition coefficient (Wildman–Crippen LogP) is 4.88. The van der Waals surface area contributed by atoms with Crippen LogP contribution in [-0.4, -0.2) is 10.7 Å². The Morgan fingerprint density at radius 3 is 2.74 bits per heavy atom.